The maximum atomic E-state index is 6.05. The van der Waals surface area contributed by atoms with Crippen molar-refractivity contribution in [1.82, 2.24) is 5.06 Å². The molecular formula is C15H21Cl2N3O2. The van der Waals surface area contributed by atoms with Crippen molar-refractivity contribution < 1.29 is 9.57 Å². The van der Waals surface area contributed by atoms with E-state index in [1.807, 2.05) is 24.1 Å². The fraction of sp³-hybridized carbons (Fsp3) is 0.467. The first-order valence-corrected chi connectivity index (χ1v) is 7.92. The Morgan fingerprint density at radius 3 is 2.82 bits per heavy atom. The molecule has 1 atom stereocenters. The van der Waals surface area contributed by atoms with Crippen LogP contribution in [0.1, 0.15) is 6.92 Å². The zero-order chi connectivity index (χ0) is 15.9. The van der Waals surface area contributed by atoms with E-state index < -0.39 is 0 Å². The number of nitrogens with two attached hydrogens (primary N) is 1. The second-order valence-electron chi connectivity index (χ2n) is 5.10. The van der Waals surface area contributed by atoms with Gasteiger partial charge in [0.15, 0.2) is 0 Å². The third-order valence-corrected chi connectivity index (χ3v) is 3.88. The lowest BCUT2D eigenvalue weighted by molar-refractivity contribution is -0.194. The summed E-state index contributed by atoms with van der Waals surface area (Å²) in [7, 11) is 0. The number of rotatable bonds is 6. The number of benzene rings is 1. The van der Waals surface area contributed by atoms with E-state index in [1.54, 1.807) is 12.1 Å². The first-order valence-electron chi connectivity index (χ1n) is 7.16. The Morgan fingerprint density at radius 1 is 1.41 bits per heavy atom. The zero-order valence-corrected chi connectivity index (χ0v) is 14.0. The Labute approximate surface area is 140 Å². The molecule has 122 valence electrons. The number of hydroxylamine groups is 2. The summed E-state index contributed by atoms with van der Waals surface area (Å²) in [6.45, 7) is 5.32. The molecule has 3 N–H and O–H groups in total. The molecule has 1 saturated heterocycles. The van der Waals surface area contributed by atoms with Crippen LogP contribution in [0.2, 0.25) is 10.0 Å². The van der Waals surface area contributed by atoms with Crippen LogP contribution in [0.3, 0.4) is 0 Å². The maximum absolute atomic E-state index is 6.05. The van der Waals surface area contributed by atoms with E-state index in [0.717, 1.165) is 24.5 Å². The predicted octanol–water partition coefficient (Wildman–Crippen LogP) is 2.90. The van der Waals surface area contributed by atoms with Gasteiger partial charge in [0.2, 0.25) is 0 Å². The molecule has 0 aliphatic carbocycles. The molecule has 0 bridgehead atoms. The molecule has 2 rings (SSSR count). The highest BCUT2D eigenvalue weighted by atomic mass is 35.5. The van der Waals surface area contributed by atoms with Crippen LogP contribution in [-0.4, -0.2) is 44.0 Å². The van der Waals surface area contributed by atoms with E-state index in [2.05, 4.69) is 5.32 Å². The number of anilines is 1. The summed E-state index contributed by atoms with van der Waals surface area (Å²) >= 11 is 11.9. The second-order valence-corrected chi connectivity index (χ2v) is 5.92. The van der Waals surface area contributed by atoms with E-state index >= 15 is 0 Å². The predicted molar refractivity (Wildman–Crippen MR) is 90.2 cm³/mol. The highest BCUT2D eigenvalue weighted by Crippen LogP contribution is 2.25. The van der Waals surface area contributed by atoms with Crippen LogP contribution in [0, 0.1) is 0 Å². The number of hydrogen-bond donors (Lipinski definition) is 2. The minimum Gasteiger partial charge on any atom is -0.379 e. The fourth-order valence-corrected chi connectivity index (χ4v) is 2.38. The number of halogens is 2. The first kappa shape index (κ1) is 17.5. The van der Waals surface area contributed by atoms with Crippen molar-refractivity contribution in [1.29, 1.82) is 0 Å². The average molecular weight is 346 g/mol. The lowest BCUT2D eigenvalue weighted by Gasteiger charge is -2.26. The van der Waals surface area contributed by atoms with Crippen molar-refractivity contribution in [3.05, 3.63) is 40.0 Å². The van der Waals surface area contributed by atoms with Crippen molar-refractivity contribution in [2.45, 2.75) is 13.0 Å². The lowest BCUT2D eigenvalue weighted by Crippen LogP contribution is -2.39. The van der Waals surface area contributed by atoms with Crippen molar-refractivity contribution >= 4 is 28.9 Å². The minimum atomic E-state index is -0.196. The highest BCUT2D eigenvalue weighted by molar-refractivity contribution is 6.42. The van der Waals surface area contributed by atoms with Gasteiger partial charge in [-0.15, -0.1) is 0 Å². The number of ether oxygens (including phenoxy) is 1. The third-order valence-electron chi connectivity index (χ3n) is 3.14. The highest BCUT2D eigenvalue weighted by Gasteiger charge is 2.12. The van der Waals surface area contributed by atoms with Gasteiger partial charge in [-0.3, -0.25) is 4.84 Å². The number of nitrogens with zero attached hydrogens (tertiary/aromatic N) is 1. The SMILES string of the molecule is CC(=CC(N)CON1CCOCC1)Nc1ccc(Cl)c(Cl)c1. The summed E-state index contributed by atoms with van der Waals surface area (Å²) in [6, 6.07) is 5.19. The zero-order valence-electron chi connectivity index (χ0n) is 12.5. The summed E-state index contributed by atoms with van der Waals surface area (Å²) < 4.78 is 5.26. The third kappa shape index (κ3) is 5.76. The van der Waals surface area contributed by atoms with E-state index in [0.29, 0.717) is 29.9 Å². The molecule has 0 radical (unpaired) electrons. The number of morpholine rings is 1. The lowest BCUT2D eigenvalue weighted by atomic mass is 10.2. The molecule has 0 spiro atoms. The van der Waals surface area contributed by atoms with Gasteiger partial charge in [-0.1, -0.05) is 23.2 Å². The van der Waals surface area contributed by atoms with Crippen LogP contribution in [0.25, 0.3) is 0 Å². The van der Waals surface area contributed by atoms with Gasteiger partial charge in [0.1, 0.15) is 0 Å². The molecule has 1 aromatic carbocycles. The smallest absolute Gasteiger partial charge is 0.0872 e. The van der Waals surface area contributed by atoms with Crippen molar-refractivity contribution in [2.75, 3.05) is 38.2 Å². The maximum Gasteiger partial charge on any atom is 0.0872 e. The molecule has 7 heteroatoms. The molecule has 0 amide bonds. The van der Waals surface area contributed by atoms with Crippen LogP contribution >= 0.6 is 23.2 Å². The van der Waals surface area contributed by atoms with E-state index in [1.165, 1.54) is 0 Å². The van der Waals surface area contributed by atoms with Gasteiger partial charge in [0, 0.05) is 24.5 Å². The van der Waals surface area contributed by atoms with Gasteiger partial charge in [-0.05, 0) is 31.2 Å². The van der Waals surface area contributed by atoms with Crippen LogP contribution in [-0.2, 0) is 9.57 Å². The second kappa shape index (κ2) is 8.72. The molecule has 1 aliphatic rings. The van der Waals surface area contributed by atoms with Gasteiger partial charge >= 0.3 is 0 Å². The van der Waals surface area contributed by atoms with Crippen LogP contribution in [0.5, 0.6) is 0 Å². The largest absolute Gasteiger partial charge is 0.379 e. The summed E-state index contributed by atoms with van der Waals surface area (Å²) in [6.07, 6.45) is 1.92. The quantitative estimate of drug-likeness (QED) is 0.830. The van der Waals surface area contributed by atoms with E-state index in [-0.39, 0.29) is 6.04 Å². The molecule has 1 aliphatic heterocycles. The Morgan fingerprint density at radius 2 is 2.14 bits per heavy atom. The van der Waals surface area contributed by atoms with E-state index in [9.17, 15) is 0 Å². The molecule has 1 unspecified atom stereocenters. The first-order chi connectivity index (χ1) is 10.5. The molecule has 5 nitrogen and oxygen atoms in total. The van der Waals surface area contributed by atoms with Crippen molar-refractivity contribution in [3.63, 3.8) is 0 Å². The normalized spacial score (nSPS) is 18.3. The van der Waals surface area contributed by atoms with Crippen LogP contribution < -0.4 is 11.1 Å². The minimum absolute atomic E-state index is 0.196. The van der Waals surface area contributed by atoms with Crippen molar-refractivity contribution in [2.24, 2.45) is 5.73 Å². The van der Waals surface area contributed by atoms with Gasteiger partial charge in [-0.25, -0.2) is 0 Å². The Kier molecular flexibility index (Phi) is 6.95. The summed E-state index contributed by atoms with van der Waals surface area (Å²) in [5.74, 6) is 0. The monoisotopic (exact) mass is 345 g/mol. The van der Waals surface area contributed by atoms with Crippen LogP contribution in [0.15, 0.2) is 30.0 Å². The summed E-state index contributed by atoms with van der Waals surface area (Å²) in [4.78, 5) is 5.65. The summed E-state index contributed by atoms with van der Waals surface area (Å²) in [5, 5.41) is 6.16. The van der Waals surface area contributed by atoms with E-state index in [4.69, 9.17) is 38.5 Å². The number of nitrogens with one attached hydrogen (secondary N) is 1. The summed E-state index contributed by atoms with van der Waals surface area (Å²) in [5.41, 5.74) is 7.85. The van der Waals surface area contributed by atoms with Crippen LogP contribution in [0.4, 0.5) is 5.69 Å². The average Bonchev–Trinajstić information content (AvgIpc) is 2.50. The topological polar surface area (TPSA) is 59.8 Å². The molecule has 1 aromatic rings. The molecular weight excluding hydrogens is 325 g/mol. The Balaban J connectivity index is 1.80. The van der Waals surface area contributed by atoms with Gasteiger partial charge < -0.3 is 15.8 Å². The fourth-order valence-electron chi connectivity index (χ4n) is 2.08. The number of hydrogen-bond acceptors (Lipinski definition) is 5. The number of allylic oxidation sites excluding steroid dienone is 1. The Hall–Kier alpha value is -0.820. The molecule has 1 heterocycles. The molecule has 0 saturated carbocycles. The molecule has 1 fully saturated rings. The van der Waals surface area contributed by atoms with Gasteiger partial charge in [-0.2, -0.15) is 5.06 Å². The molecule has 22 heavy (non-hydrogen) atoms. The Bertz CT molecular complexity index is 520. The van der Waals surface area contributed by atoms with Gasteiger partial charge in [0.05, 0.1) is 35.9 Å². The van der Waals surface area contributed by atoms with Crippen molar-refractivity contribution in [3.8, 4) is 0 Å². The molecule has 0 aromatic heterocycles. The van der Waals surface area contributed by atoms with Gasteiger partial charge in [0.25, 0.3) is 0 Å². The standard InChI is InChI=1S/C15H21Cl2N3O2/c1-11(19-13-2-3-14(16)15(17)9-13)8-12(18)10-22-20-4-6-21-7-5-20/h2-3,8-9,12,19H,4-7,10,18H2,1H3.